The number of rotatable bonds is 17. The molecule has 0 heterocycles. The summed E-state index contributed by atoms with van der Waals surface area (Å²) < 4.78 is 23.1. The molecule has 0 bridgehead atoms. The summed E-state index contributed by atoms with van der Waals surface area (Å²) in [6.07, 6.45) is 4.45. The van der Waals surface area contributed by atoms with Crippen LogP contribution in [-0.4, -0.2) is 103 Å². The first-order valence-corrected chi connectivity index (χ1v) is 15.3. The predicted octanol–water partition coefficient (Wildman–Crippen LogP) is 2.97. The van der Waals surface area contributed by atoms with Crippen LogP contribution in [0.2, 0.25) is 0 Å². The third-order valence-electron chi connectivity index (χ3n) is 5.68. The fourth-order valence-corrected chi connectivity index (χ4v) is 2.26. The lowest BCUT2D eigenvalue weighted by molar-refractivity contribution is -0.147. The van der Waals surface area contributed by atoms with Crippen molar-refractivity contribution in [2.75, 3.05) is 52.9 Å². The molecule has 0 rings (SSSR count). The lowest BCUT2D eigenvalue weighted by Gasteiger charge is -2.13. The van der Waals surface area contributed by atoms with Crippen LogP contribution in [0, 0.1) is 23.7 Å². The van der Waals surface area contributed by atoms with Gasteiger partial charge < -0.3 is 44.1 Å². The predicted molar refractivity (Wildman–Crippen MR) is 172 cm³/mol. The summed E-state index contributed by atoms with van der Waals surface area (Å²) in [6, 6.07) is 0. The Bertz CT molecular complexity index is 696. The van der Waals surface area contributed by atoms with E-state index in [1.54, 1.807) is 0 Å². The van der Waals surface area contributed by atoms with E-state index in [-0.39, 0.29) is 79.9 Å². The molecule has 0 radical (unpaired) electrons. The molecule has 14 heteroatoms. The summed E-state index contributed by atoms with van der Waals surface area (Å²) in [5.41, 5.74) is 0. The molecule has 0 saturated carbocycles. The van der Waals surface area contributed by atoms with E-state index in [9.17, 15) is 24.0 Å². The molecule has 0 aliphatic heterocycles. The molecule has 0 aliphatic carbocycles. The van der Waals surface area contributed by atoms with E-state index in [1.807, 2.05) is 27.7 Å². The largest absolute Gasteiger partial charge is 0.465 e. The maximum atomic E-state index is 10.5. The molecule has 0 amide bonds. The highest BCUT2D eigenvalue weighted by Crippen LogP contribution is 2.04. The van der Waals surface area contributed by atoms with Crippen molar-refractivity contribution in [3.63, 3.8) is 0 Å². The molecular formula is C32H62O14. The Hall–Kier alpha value is -3.07. The van der Waals surface area contributed by atoms with Gasteiger partial charge in [0, 0.05) is 84.7 Å². The molecule has 0 spiro atoms. The van der Waals surface area contributed by atoms with Crippen molar-refractivity contribution >= 4 is 29.8 Å². The van der Waals surface area contributed by atoms with Crippen LogP contribution in [0.1, 0.15) is 88.0 Å². The summed E-state index contributed by atoms with van der Waals surface area (Å²) in [5, 5.41) is 34.0. The quantitative estimate of drug-likeness (QED) is 0.0996. The minimum atomic E-state index is -0.329. The molecule has 0 fully saturated rings. The number of esters is 5. The third-order valence-corrected chi connectivity index (χ3v) is 5.68. The summed E-state index contributed by atoms with van der Waals surface area (Å²) in [5.74, 6) is -1.10. The highest BCUT2D eigenvalue weighted by Gasteiger charge is 2.10. The molecule has 0 saturated heterocycles. The average molecular weight is 671 g/mol. The Morgan fingerprint density at radius 3 is 0.826 bits per heavy atom. The highest BCUT2D eigenvalue weighted by atomic mass is 16.6. The van der Waals surface area contributed by atoms with Crippen LogP contribution < -0.4 is 0 Å². The van der Waals surface area contributed by atoms with Crippen LogP contribution in [0.5, 0.6) is 0 Å². The summed E-state index contributed by atoms with van der Waals surface area (Å²) >= 11 is 0. The van der Waals surface area contributed by atoms with Gasteiger partial charge in [-0.3, -0.25) is 24.0 Å². The Morgan fingerprint density at radius 1 is 0.478 bits per heavy atom. The second-order valence-corrected chi connectivity index (χ2v) is 9.81. The number of ether oxygens (including phenoxy) is 5. The zero-order valence-corrected chi connectivity index (χ0v) is 29.5. The van der Waals surface area contributed by atoms with E-state index in [2.05, 4.69) is 20.8 Å². The van der Waals surface area contributed by atoms with Gasteiger partial charge in [0.2, 0.25) is 0 Å². The molecular weight excluding hydrogens is 608 g/mol. The van der Waals surface area contributed by atoms with Crippen LogP contribution in [-0.2, 0) is 47.7 Å². The van der Waals surface area contributed by atoms with Crippen LogP contribution >= 0.6 is 0 Å². The van der Waals surface area contributed by atoms with Crippen molar-refractivity contribution in [1.29, 1.82) is 0 Å². The zero-order valence-electron chi connectivity index (χ0n) is 29.5. The average Bonchev–Trinajstić information content (AvgIpc) is 3.00. The zero-order chi connectivity index (χ0) is 36.9. The van der Waals surface area contributed by atoms with E-state index in [1.165, 1.54) is 34.6 Å². The molecule has 4 N–H and O–H groups in total. The fraction of sp³-hybridized carbons (Fsp3) is 0.781. The molecule has 0 aromatic carbocycles. The first kappa shape index (κ1) is 52.5. The van der Waals surface area contributed by atoms with Crippen molar-refractivity contribution in [2.24, 2.45) is 23.7 Å². The molecule has 274 valence electrons. The Balaban J connectivity index is -0.000000156. The van der Waals surface area contributed by atoms with Crippen LogP contribution in [0.3, 0.4) is 0 Å². The lowest BCUT2D eigenvalue weighted by atomic mass is 10.1. The monoisotopic (exact) mass is 670 g/mol. The van der Waals surface area contributed by atoms with Crippen molar-refractivity contribution < 1.29 is 68.1 Å². The summed E-state index contributed by atoms with van der Waals surface area (Å²) in [7, 11) is 0. The van der Waals surface area contributed by atoms with E-state index in [0.717, 1.165) is 31.9 Å². The number of aliphatic hydroxyl groups excluding tert-OH is 4. The number of carbonyl (C=O) groups is 5. The molecule has 0 aliphatic rings. The van der Waals surface area contributed by atoms with Gasteiger partial charge in [0.25, 0.3) is 0 Å². The molecule has 0 unspecified atom stereocenters. The van der Waals surface area contributed by atoms with Crippen molar-refractivity contribution in [2.45, 2.75) is 88.0 Å². The minimum Gasteiger partial charge on any atom is -0.465 e. The Kier molecular flexibility index (Phi) is 45.6. The summed E-state index contributed by atoms with van der Waals surface area (Å²) in [4.78, 5) is 51.2. The lowest BCUT2D eigenvalue weighted by Crippen LogP contribution is -2.18. The normalized spacial score (nSPS) is 10.8. The first-order valence-electron chi connectivity index (χ1n) is 15.3. The van der Waals surface area contributed by atoms with E-state index in [0.29, 0.717) is 26.4 Å². The number of hydrogen-bond acceptors (Lipinski definition) is 14. The van der Waals surface area contributed by atoms with Gasteiger partial charge in [0.1, 0.15) is 0 Å². The molecule has 0 aromatic heterocycles. The van der Waals surface area contributed by atoms with Gasteiger partial charge in [-0.2, -0.15) is 0 Å². The highest BCUT2D eigenvalue weighted by molar-refractivity contribution is 5.67. The second-order valence-electron chi connectivity index (χ2n) is 9.81. The Morgan fingerprint density at radius 2 is 0.717 bits per heavy atom. The standard InChI is InChI=1S/C9H16O4.2C7H14O3.C5H12O2.C4H6O2/c1-4-9(5-12-7(2)10)6-13-8(3)11;2*1-3-7(4-8)5-10-6(2)9;1-2-5(3-6)4-7;1-3-6-4(2)5/h9H,4-6H2,1-3H3;2*7-8H,3-5H2,1-2H3;5-7H,2-4H2,1H3;3H,1H2,2H3/t;2*7-;;/m.10../s1. The van der Waals surface area contributed by atoms with Gasteiger partial charge in [-0.25, -0.2) is 0 Å². The Labute approximate surface area is 275 Å². The number of aliphatic hydroxyl groups is 4. The van der Waals surface area contributed by atoms with Crippen molar-refractivity contribution in [1.82, 2.24) is 0 Å². The van der Waals surface area contributed by atoms with Gasteiger partial charge in [0.15, 0.2) is 0 Å². The molecule has 2 atom stereocenters. The molecule has 46 heavy (non-hydrogen) atoms. The van der Waals surface area contributed by atoms with Gasteiger partial charge in [-0.1, -0.05) is 34.3 Å². The summed E-state index contributed by atoms with van der Waals surface area (Å²) in [6.45, 7) is 19.4. The van der Waals surface area contributed by atoms with Crippen LogP contribution in [0.15, 0.2) is 12.8 Å². The maximum Gasteiger partial charge on any atom is 0.307 e. The third kappa shape index (κ3) is 50.6. The van der Waals surface area contributed by atoms with Crippen molar-refractivity contribution in [3.8, 4) is 0 Å². The van der Waals surface area contributed by atoms with Gasteiger partial charge in [-0.15, -0.1) is 0 Å². The topological polar surface area (TPSA) is 212 Å². The number of carbonyl (C=O) groups excluding carboxylic acids is 5. The molecule has 14 nitrogen and oxygen atoms in total. The van der Waals surface area contributed by atoms with Crippen LogP contribution in [0.25, 0.3) is 0 Å². The van der Waals surface area contributed by atoms with Gasteiger partial charge in [0.05, 0.1) is 32.7 Å². The molecule has 0 aromatic rings. The van der Waals surface area contributed by atoms with Gasteiger partial charge >= 0.3 is 29.8 Å². The number of hydrogen-bond donors (Lipinski definition) is 4. The first-order chi connectivity index (χ1) is 21.6. The van der Waals surface area contributed by atoms with Crippen LogP contribution in [0.4, 0.5) is 0 Å². The van der Waals surface area contributed by atoms with Gasteiger partial charge in [-0.05, 0) is 25.7 Å². The SMILES string of the molecule is C=COC(C)=O.CCC(CO)CO.CCC(COC(C)=O)COC(C)=O.CC[C@@H](CO)COC(C)=O.CC[C@H](CO)COC(C)=O. The second kappa shape index (κ2) is 40.0. The fourth-order valence-electron chi connectivity index (χ4n) is 2.26. The minimum absolute atomic E-state index is 0.0871. The maximum absolute atomic E-state index is 10.5. The smallest absolute Gasteiger partial charge is 0.307 e. The van der Waals surface area contributed by atoms with E-state index >= 15 is 0 Å². The van der Waals surface area contributed by atoms with Crippen molar-refractivity contribution in [3.05, 3.63) is 12.8 Å². The van der Waals surface area contributed by atoms with E-state index < -0.39 is 0 Å². The van der Waals surface area contributed by atoms with E-state index in [4.69, 9.17) is 29.9 Å².